The summed E-state index contributed by atoms with van der Waals surface area (Å²) < 4.78 is 20.0. The highest BCUT2D eigenvalue weighted by Gasteiger charge is 2.17. The molecule has 0 saturated carbocycles. The summed E-state index contributed by atoms with van der Waals surface area (Å²) in [6.07, 6.45) is 0. The molecule has 1 aromatic heterocycles. The van der Waals surface area contributed by atoms with Gasteiger partial charge in [-0.15, -0.1) is 0 Å². The predicted octanol–water partition coefficient (Wildman–Crippen LogP) is 5.18. The van der Waals surface area contributed by atoms with Gasteiger partial charge in [0.1, 0.15) is 0 Å². The fraction of sp³-hybridized carbons (Fsp3) is 0.118. The third-order valence-electron chi connectivity index (χ3n) is 3.42. The molecule has 0 saturated heterocycles. The van der Waals surface area contributed by atoms with Crippen LogP contribution in [0.4, 0.5) is 4.39 Å². The van der Waals surface area contributed by atoms with Gasteiger partial charge in [-0.2, -0.15) is 0 Å². The highest BCUT2D eigenvalue weighted by molar-refractivity contribution is 9.10. The lowest BCUT2D eigenvalue weighted by atomic mass is 10.0. The van der Waals surface area contributed by atoms with E-state index in [1.165, 1.54) is 6.07 Å². The van der Waals surface area contributed by atoms with Gasteiger partial charge in [0.2, 0.25) is 5.78 Å². The molecule has 0 bridgehead atoms. The number of rotatable bonds is 2. The lowest BCUT2D eigenvalue weighted by molar-refractivity contribution is 0.101. The Hall–Kier alpha value is -1.94. The maximum atomic E-state index is 13.6. The van der Waals surface area contributed by atoms with Gasteiger partial charge >= 0.3 is 0 Å². The third kappa shape index (κ3) is 2.40. The molecule has 2 nitrogen and oxygen atoms in total. The monoisotopic (exact) mass is 346 g/mol. The summed E-state index contributed by atoms with van der Waals surface area (Å²) in [4.78, 5) is 12.5. The molecule has 0 atom stereocenters. The van der Waals surface area contributed by atoms with E-state index >= 15 is 0 Å². The first-order valence-electron chi connectivity index (χ1n) is 6.47. The van der Waals surface area contributed by atoms with Gasteiger partial charge < -0.3 is 4.42 Å². The van der Waals surface area contributed by atoms with Crippen molar-refractivity contribution in [3.8, 4) is 0 Å². The Kier molecular flexibility index (Phi) is 3.41. The number of ketones is 1. The zero-order valence-corrected chi connectivity index (χ0v) is 13.1. The molecular formula is C17H12BrFO2. The minimum absolute atomic E-state index is 0.117. The van der Waals surface area contributed by atoms with Crippen molar-refractivity contribution >= 4 is 32.7 Å². The first-order chi connectivity index (χ1) is 9.97. The van der Waals surface area contributed by atoms with Gasteiger partial charge in [0.15, 0.2) is 17.2 Å². The molecule has 0 aliphatic rings. The SMILES string of the molecule is Cc1cc(C(=O)c2cc3cccc(F)c3o2)cc(C)c1Br. The van der Waals surface area contributed by atoms with Crippen LogP contribution in [0, 0.1) is 19.7 Å². The van der Waals surface area contributed by atoms with E-state index in [2.05, 4.69) is 15.9 Å². The van der Waals surface area contributed by atoms with E-state index in [4.69, 9.17) is 4.42 Å². The molecule has 0 fully saturated rings. The number of aryl methyl sites for hydroxylation is 2. The zero-order valence-electron chi connectivity index (χ0n) is 11.5. The van der Waals surface area contributed by atoms with Crippen LogP contribution in [-0.2, 0) is 0 Å². The molecule has 0 aliphatic heterocycles. The largest absolute Gasteiger partial charge is 0.449 e. The summed E-state index contributed by atoms with van der Waals surface area (Å²) in [6, 6.07) is 9.79. The number of furan rings is 1. The lowest BCUT2D eigenvalue weighted by Gasteiger charge is -2.06. The minimum atomic E-state index is -0.463. The third-order valence-corrected chi connectivity index (χ3v) is 4.67. The molecule has 1 heterocycles. The van der Waals surface area contributed by atoms with E-state index in [-0.39, 0.29) is 17.1 Å². The molecule has 0 amide bonds. The van der Waals surface area contributed by atoms with Gasteiger partial charge in [-0.3, -0.25) is 4.79 Å². The van der Waals surface area contributed by atoms with Gasteiger partial charge in [-0.25, -0.2) is 4.39 Å². The van der Waals surface area contributed by atoms with Crippen LogP contribution < -0.4 is 0 Å². The number of carbonyl (C=O) groups is 1. The smallest absolute Gasteiger partial charge is 0.228 e. The van der Waals surface area contributed by atoms with E-state index in [1.54, 1.807) is 30.3 Å². The van der Waals surface area contributed by atoms with Crippen molar-refractivity contribution in [3.05, 3.63) is 69.1 Å². The van der Waals surface area contributed by atoms with Gasteiger partial charge in [0, 0.05) is 15.4 Å². The fourth-order valence-electron chi connectivity index (χ4n) is 2.36. The summed E-state index contributed by atoms with van der Waals surface area (Å²) >= 11 is 3.47. The molecule has 0 aliphatic carbocycles. The highest BCUT2D eigenvalue weighted by Crippen LogP contribution is 2.27. The number of fused-ring (bicyclic) bond motifs is 1. The van der Waals surface area contributed by atoms with Crippen molar-refractivity contribution in [2.45, 2.75) is 13.8 Å². The molecule has 21 heavy (non-hydrogen) atoms. The first-order valence-corrected chi connectivity index (χ1v) is 7.26. The highest BCUT2D eigenvalue weighted by atomic mass is 79.9. The van der Waals surface area contributed by atoms with Gasteiger partial charge in [-0.05, 0) is 49.2 Å². The Bertz CT molecular complexity index is 841. The number of para-hydroxylation sites is 1. The van der Waals surface area contributed by atoms with Gasteiger partial charge in [0.25, 0.3) is 0 Å². The van der Waals surface area contributed by atoms with Crippen molar-refractivity contribution in [1.29, 1.82) is 0 Å². The maximum absolute atomic E-state index is 13.6. The Labute approximate surface area is 129 Å². The number of hydrogen-bond acceptors (Lipinski definition) is 2. The molecule has 3 rings (SSSR count). The van der Waals surface area contributed by atoms with Crippen LogP contribution in [0.2, 0.25) is 0 Å². The lowest BCUT2D eigenvalue weighted by Crippen LogP contribution is -2.01. The van der Waals surface area contributed by atoms with E-state index in [9.17, 15) is 9.18 Å². The molecule has 106 valence electrons. The summed E-state index contributed by atoms with van der Waals surface area (Å²) in [7, 11) is 0. The van der Waals surface area contributed by atoms with Crippen molar-refractivity contribution in [2.24, 2.45) is 0 Å². The quantitative estimate of drug-likeness (QED) is 0.598. The van der Waals surface area contributed by atoms with Crippen molar-refractivity contribution in [1.82, 2.24) is 0 Å². The van der Waals surface area contributed by atoms with Crippen LogP contribution in [0.5, 0.6) is 0 Å². The van der Waals surface area contributed by atoms with E-state index in [0.717, 1.165) is 15.6 Å². The normalized spacial score (nSPS) is 11.0. The van der Waals surface area contributed by atoms with E-state index in [1.807, 2.05) is 13.8 Å². The second-order valence-electron chi connectivity index (χ2n) is 5.02. The first kappa shape index (κ1) is 14.0. The van der Waals surface area contributed by atoms with Crippen LogP contribution in [-0.4, -0.2) is 5.78 Å². The molecule has 2 aromatic carbocycles. The summed E-state index contributed by atoms with van der Waals surface area (Å²) in [5.41, 5.74) is 2.60. The second-order valence-corrected chi connectivity index (χ2v) is 5.81. The van der Waals surface area contributed by atoms with Crippen molar-refractivity contribution < 1.29 is 13.6 Å². The number of benzene rings is 2. The topological polar surface area (TPSA) is 30.2 Å². The molecule has 0 radical (unpaired) electrons. The molecular weight excluding hydrogens is 335 g/mol. The molecule has 3 aromatic rings. The summed E-state index contributed by atoms with van der Waals surface area (Å²) in [5, 5.41) is 0.587. The number of hydrogen-bond donors (Lipinski definition) is 0. The Morgan fingerprint density at radius 2 is 1.81 bits per heavy atom. The Morgan fingerprint density at radius 1 is 1.14 bits per heavy atom. The average molecular weight is 347 g/mol. The minimum Gasteiger partial charge on any atom is -0.449 e. The Balaban J connectivity index is 2.10. The number of carbonyl (C=O) groups excluding carboxylic acids is 1. The van der Waals surface area contributed by atoms with E-state index in [0.29, 0.717) is 10.9 Å². The molecule has 0 unspecified atom stereocenters. The molecule has 4 heteroatoms. The summed E-state index contributed by atoms with van der Waals surface area (Å²) in [5.74, 6) is -0.560. The molecule has 0 spiro atoms. The molecule has 0 N–H and O–H groups in total. The van der Waals surface area contributed by atoms with Crippen LogP contribution in [0.1, 0.15) is 27.2 Å². The average Bonchev–Trinajstić information content (AvgIpc) is 2.89. The maximum Gasteiger partial charge on any atom is 0.228 e. The standard InChI is InChI=1S/C17H12BrFO2/c1-9-6-12(7-10(2)15(9)18)16(20)14-8-11-4-3-5-13(19)17(11)21-14/h3-8H,1-2H3. The van der Waals surface area contributed by atoms with Crippen LogP contribution >= 0.6 is 15.9 Å². The Morgan fingerprint density at radius 3 is 2.43 bits per heavy atom. The fourth-order valence-corrected chi connectivity index (χ4v) is 2.59. The van der Waals surface area contributed by atoms with E-state index < -0.39 is 5.82 Å². The predicted molar refractivity (Wildman–Crippen MR) is 83.2 cm³/mol. The van der Waals surface area contributed by atoms with Gasteiger partial charge in [0.05, 0.1) is 0 Å². The second kappa shape index (κ2) is 5.11. The van der Waals surface area contributed by atoms with Crippen LogP contribution in [0.25, 0.3) is 11.0 Å². The zero-order chi connectivity index (χ0) is 15.1. The number of halogens is 2. The van der Waals surface area contributed by atoms with Crippen molar-refractivity contribution in [3.63, 3.8) is 0 Å². The van der Waals surface area contributed by atoms with Crippen molar-refractivity contribution in [2.75, 3.05) is 0 Å². The van der Waals surface area contributed by atoms with Crippen LogP contribution in [0.15, 0.2) is 45.3 Å². The van der Waals surface area contributed by atoms with Crippen LogP contribution in [0.3, 0.4) is 0 Å². The van der Waals surface area contributed by atoms with Gasteiger partial charge in [-0.1, -0.05) is 28.1 Å². The summed E-state index contributed by atoms with van der Waals surface area (Å²) in [6.45, 7) is 3.85.